The van der Waals surface area contributed by atoms with Crippen molar-refractivity contribution in [2.24, 2.45) is 5.16 Å². The van der Waals surface area contributed by atoms with Crippen LogP contribution in [0.3, 0.4) is 0 Å². The molecule has 1 heterocycles. The highest BCUT2D eigenvalue weighted by Crippen LogP contribution is 2.20. The van der Waals surface area contributed by atoms with Crippen LogP contribution in [0.1, 0.15) is 20.3 Å². The molecular weight excluding hydrogens is 347 g/mol. The first kappa shape index (κ1) is 19.2. The molecule has 1 unspecified atom stereocenters. The Kier molecular flexibility index (Phi) is 6.39. The summed E-state index contributed by atoms with van der Waals surface area (Å²) in [6.45, 7) is 4.31. The molecule has 1 aromatic heterocycles. The molecule has 0 bridgehead atoms. The van der Waals surface area contributed by atoms with Crippen molar-refractivity contribution in [2.45, 2.75) is 25.8 Å². The molecule has 0 saturated heterocycles. The molecule has 1 atom stereocenters. The fourth-order valence-corrected chi connectivity index (χ4v) is 2.43. The lowest BCUT2D eigenvalue weighted by atomic mass is 9.93. The van der Waals surface area contributed by atoms with Gasteiger partial charge in [0.05, 0.1) is 17.9 Å². The molecule has 1 aromatic carbocycles. The molecule has 25 heavy (non-hydrogen) atoms. The standard InChI is InChI=1S/C17H22ClFN4O2/c1-12(22-24-4)17(2,20-3)8-10-25-16-7-9-23(21-16)15-6-5-13(18)11-14(15)19/h5-7,9,11,20H,8,10H2,1-4H3. The number of aromatic nitrogens is 2. The maximum atomic E-state index is 13.9. The fourth-order valence-electron chi connectivity index (χ4n) is 2.27. The predicted molar refractivity (Wildman–Crippen MR) is 96.2 cm³/mol. The van der Waals surface area contributed by atoms with Crippen LogP contribution < -0.4 is 10.1 Å². The summed E-state index contributed by atoms with van der Waals surface area (Å²) in [6.07, 6.45) is 2.29. The minimum absolute atomic E-state index is 0.308. The summed E-state index contributed by atoms with van der Waals surface area (Å²) in [5.41, 5.74) is 0.762. The first-order valence-electron chi connectivity index (χ1n) is 7.80. The smallest absolute Gasteiger partial charge is 0.233 e. The molecule has 6 nitrogen and oxygen atoms in total. The van der Waals surface area contributed by atoms with Crippen LogP contribution in [0.25, 0.3) is 5.69 Å². The summed E-state index contributed by atoms with van der Waals surface area (Å²) in [4.78, 5) is 4.83. The van der Waals surface area contributed by atoms with Crippen molar-refractivity contribution in [3.63, 3.8) is 0 Å². The Morgan fingerprint density at radius 3 is 2.84 bits per heavy atom. The summed E-state index contributed by atoms with van der Waals surface area (Å²) in [5.74, 6) is -0.0366. The second-order valence-corrected chi connectivity index (χ2v) is 6.17. The molecule has 0 amide bonds. The van der Waals surface area contributed by atoms with Crippen LogP contribution in [0.4, 0.5) is 4.39 Å². The highest BCUT2D eigenvalue weighted by molar-refractivity contribution is 6.30. The van der Waals surface area contributed by atoms with Crippen molar-refractivity contribution in [3.8, 4) is 11.6 Å². The van der Waals surface area contributed by atoms with Gasteiger partial charge in [-0.05, 0) is 39.1 Å². The van der Waals surface area contributed by atoms with Gasteiger partial charge < -0.3 is 14.9 Å². The molecule has 0 fully saturated rings. The number of oxime groups is 1. The van der Waals surface area contributed by atoms with Crippen LogP contribution in [0.15, 0.2) is 35.6 Å². The predicted octanol–water partition coefficient (Wildman–Crippen LogP) is 3.43. The van der Waals surface area contributed by atoms with Crippen LogP contribution >= 0.6 is 11.6 Å². The highest BCUT2D eigenvalue weighted by atomic mass is 35.5. The van der Waals surface area contributed by atoms with Crippen molar-refractivity contribution >= 4 is 17.3 Å². The van der Waals surface area contributed by atoms with E-state index < -0.39 is 5.82 Å². The third kappa shape index (κ3) is 4.70. The number of nitrogens with zero attached hydrogens (tertiary/aromatic N) is 3. The van der Waals surface area contributed by atoms with E-state index in [0.29, 0.717) is 29.6 Å². The Hall–Kier alpha value is -2.12. The van der Waals surface area contributed by atoms with E-state index >= 15 is 0 Å². The number of halogens is 2. The largest absolute Gasteiger partial charge is 0.477 e. The summed E-state index contributed by atoms with van der Waals surface area (Å²) in [7, 11) is 3.37. The third-order valence-electron chi connectivity index (χ3n) is 4.15. The lowest BCUT2D eigenvalue weighted by Gasteiger charge is -2.28. The highest BCUT2D eigenvalue weighted by Gasteiger charge is 2.26. The summed E-state index contributed by atoms with van der Waals surface area (Å²) in [6, 6.07) is 6.10. The zero-order valence-corrected chi connectivity index (χ0v) is 15.5. The average molecular weight is 369 g/mol. The van der Waals surface area contributed by atoms with E-state index in [-0.39, 0.29) is 5.54 Å². The van der Waals surface area contributed by atoms with E-state index in [1.54, 1.807) is 24.4 Å². The van der Waals surface area contributed by atoms with Crippen molar-refractivity contribution in [2.75, 3.05) is 20.8 Å². The van der Waals surface area contributed by atoms with Gasteiger partial charge in [0, 0.05) is 23.7 Å². The van der Waals surface area contributed by atoms with E-state index in [1.807, 2.05) is 20.9 Å². The van der Waals surface area contributed by atoms with E-state index in [9.17, 15) is 4.39 Å². The summed E-state index contributed by atoms with van der Waals surface area (Å²) >= 11 is 5.76. The topological polar surface area (TPSA) is 60.7 Å². The quantitative estimate of drug-likeness (QED) is 0.572. The second-order valence-electron chi connectivity index (χ2n) is 5.73. The van der Waals surface area contributed by atoms with E-state index in [1.165, 1.54) is 17.9 Å². The summed E-state index contributed by atoms with van der Waals surface area (Å²) in [5, 5.41) is 11.8. The van der Waals surface area contributed by atoms with E-state index in [4.69, 9.17) is 21.2 Å². The number of nitrogens with one attached hydrogen (secondary N) is 1. The van der Waals surface area contributed by atoms with Gasteiger partial charge in [0.1, 0.15) is 18.6 Å². The fraction of sp³-hybridized carbons (Fsp3) is 0.412. The normalized spacial score (nSPS) is 14.2. The number of benzene rings is 1. The van der Waals surface area contributed by atoms with Crippen LogP contribution in [0.2, 0.25) is 5.02 Å². The Balaban J connectivity index is 2.01. The number of hydrogen-bond acceptors (Lipinski definition) is 5. The lowest BCUT2D eigenvalue weighted by molar-refractivity contribution is 0.205. The first-order valence-corrected chi connectivity index (χ1v) is 8.18. The molecule has 0 radical (unpaired) electrons. The maximum Gasteiger partial charge on any atom is 0.233 e. The van der Waals surface area contributed by atoms with Crippen molar-refractivity contribution in [1.82, 2.24) is 15.1 Å². The molecule has 0 saturated carbocycles. The Bertz CT molecular complexity index is 750. The van der Waals surface area contributed by atoms with Crippen molar-refractivity contribution < 1.29 is 14.0 Å². The molecule has 2 aromatic rings. The van der Waals surface area contributed by atoms with Gasteiger partial charge in [-0.15, -0.1) is 5.10 Å². The molecule has 8 heteroatoms. The van der Waals surface area contributed by atoms with E-state index in [0.717, 1.165) is 5.71 Å². The third-order valence-corrected chi connectivity index (χ3v) is 4.39. The van der Waals surface area contributed by atoms with Crippen LogP contribution in [-0.4, -0.2) is 41.8 Å². The summed E-state index contributed by atoms with van der Waals surface area (Å²) < 4.78 is 21.0. The maximum absolute atomic E-state index is 13.9. The molecule has 136 valence electrons. The van der Waals surface area contributed by atoms with Gasteiger partial charge >= 0.3 is 0 Å². The Morgan fingerprint density at radius 2 is 2.20 bits per heavy atom. The zero-order chi connectivity index (χ0) is 18.4. The van der Waals surface area contributed by atoms with Gasteiger partial charge in [-0.25, -0.2) is 9.07 Å². The minimum Gasteiger partial charge on any atom is -0.477 e. The molecule has 0 aliphatic rings. The van der Waals surface area contributed by atoms with Gasteiger partial charge in [-0.1, -0.05) is 16.8 Å². The minimum atomic E-state index is -0.448. The number of ether oxygens (including phenoxy) is 1. The lowest BCUT2D eigenvalue weighted by Crippen LogP contribution is -2.47. The monoisotopic (exact) mass is 368 g/mol. The van der Waals surface area contributed by atoms with Crippen LogP contribution in [0, 0.1) is 5.82 Å². The van der Waals surface area contributed by atoms with Gasteiger partial charge in [0.25, 0.3) is 0 Å². The first-order chi connectivity index (χ1) is 11.9. The molecule has 2 rings (SSSR count). The van der Waals surface area contributed by atoms with Crippen LogP contribution in [-0.2, 0) is 4.84 Å². The molecule has 0 aliphatic heterocycles. The van der Waals surface area contributed by atoms with Gasteiger partial charge in [0.15, 0.2) is 0 Å². The number of rotatable bonds is 8. The Labute approximate surface area is 151 Å². The average Bonchev–Trinajstić information content (AvgIpc) is 3.03. The van der Waals surface area contributed by atoms with Crippen molar-refractivity contribution in [1.29, 1.82) is 0 Å². The molecule has 0 spiro atoms. The van der Waals surface area contributed by atoms with Crippen molar-refractivity contribution in [3.05, 3.63) is 41.3 Å². The Morgan fingerprint density at radius 1 is 1.44 bits per heavy atom. The molecular formula is C17H22ClFN4O2. The zero-order valence-electron chi connectivity index (χ0n) is 14.7. The molecule has 0 aliphatic carbocycles. The molecule has 1 N–H and O–H groups in total. The number of hydrogen-bond donors (Lipinski definition) is 1. The second kappa shape index (κ2) is 8.31. The van der Waals surface area contributed by atoms with Gasteiger partial charge in [-0.3, -0.25) is 0 Å². The van der Waals surface area contributed by atoms with Gasteiger partial charge in [0.2, 0.25) is 5.88 Å². The van der Waals surface area contributed by atoms with Gasteiger partial charge in [-0.2, -0.15) is 0 Å². The SMILES string of the molecule is CNC(C)(CCOc1ccn(-c2ccc(Cl)cc2F)n1)C(C)=NOC. The van der Waals surface area contributed by atoms with E-state index in [2.05, 4.69) is 15.6 Å². The van der Waals surface area contributed by atoms with Crippen LogP contribution in [0.5, 0.6) is 5.88 Å².